The van der Waals surface area contributed by atoms with Crippen LogP contribution >= 0.6 is 22.9 Å². The lowest BCUT2D eigenvalue weighted by Crippen LogP contribution is -2.47. The molecule has 0 bridgehead atoms. The number of benzene rings is 2. The van der Waals surface area contributed by atoms with E-state index >= 15 is 0 Å². The number of anilines is 2. The highest BCUT2D eigenvalue weighted by Crippen LogP contribution is 2.33. The summed E-state index contributed by atoms with van der Waals surface area (Å²) in [6, 6.07) is 16.1. The van der Waals surface area contributed by atoms with Crippen LogP contribution in [-0.2, 0) is 0 Å². The van der Waals surface area contributed by atoms with E-state index in [0.29, 0.717) is 10.6 Å². The zero-order valence-corrected chi connectivity index (χ0v) is 18.1. The lowest BCUT2D eigenvalue weighted by atomic mass is 10.0. The summed E-state index contributed by atoms with van der Waals surface area (Å²) in [6.07, 6.45) is 0. The molecule has 5 nitrogen and oxygen atoms in total. The molecular formula is C23H21ClN4OS. The molecule has 1 aliphatic rings. The number of piperazine rings is 1. The molecule has 30 heavy (non-hydrogen) atoms. The normalized spacial score (nSPS) is 14.5. The first-order chi connectivity index (χ1) is 14.6. The third kappa shape index (κ3) is 3.36. The van der Waals surface area contributed by atoms with Crippen molar-refractivity contribution in [3.63, 3.8) is 0 Å². The number of nitrogens with one attached hydrogen (secondary N) is 1. The molecule has 0 atom stereocenters. The zero-order chi connectivity index (χ0) is 20.7. The van der Waals surface area contributed by atoms with E-state index < -0.39 is 0 Å². The van der Waals surface area contributed by atoms with Gasteiger partial charge < -0.3 is 9.80 Å². The highest BCUT2D eigenvalue weighted by Gasteiger charge is 2.22. The Labute approximate surface area is 183 Å². The Kier molecular flexibility index (Phi) is 4.97. The van der Waals surface area contributed by atoms with Crippen LogP contribution in [0, 0.1) is 6.92 Å². The maximum Gasteiger partial charge on any atom is 0.270 e. The van der Waals surface area contributed by atoms with Crippen molar-refractivity contribution < 1.29 is 0 Å². The number of thiophene rings is 1. The third-order valence-electron chi connectivity index (χ3n) is 5.62. The van der Waals surface area contributed by atoms with Crippen molar-refractivity contribution in [2.45, 2.75) is 6.92 Å². The van der Waals surface area contributed by atoms with Gasteiger partial charge in [0.05, 0.1) is 16.2 Å². The Morgan fingerprint density at radius 3 is 2.43 bits per heavy atom. The number of aromatic nitrogens is 2. The monoisotopic (exact) mass is 436 g/mol. The van der Waals surface area contributed by atoms with E-state index in [4.69, 9.17) is 16.6 Å². The quantitative estimate of drug-likeness (QED) is 0.494. The highest BCUT2D eigenvalue weighted by molar-refractivity contribution is 7.17. The molecule has 1 aliphatic heterocycles. The number of rotatable bonds is 3. The Morgan fingerprint density at radius 2 is 1.67 bits per heavy atom. The van der Waals surface area contributed by atoms with Gasteiger partial charge in [-0.25, -0.2) is 4.98 Å². The van der Waals surface area contributed by atoms with Gasteiger partial charge in [0.25, 0.3) is 5.56 Å². The summed E-state index contributed by atoms with van der Waals surface area (Å²) in [6.45, 7) is 5.26. The molecule has 2 aromatic carbocycles. The van der Waals surface area contributed by atoms with E-state index in [0.717, 1.165) is 53.5 Å². The minimum atomic E-state index is -0.0756. The Morgan fingerprint density at radius 1 is 0.967 bits per heavy atom. The first-order valence-electron chi connectivity index (χ1n) is 9.94. The van der Waals surface area contributed by atoms with Crippen LogP contribution in [0.15, 0.2) is 58.7 Å². The van der Waals surface area contributed by atoms with Crippen molar-refractivity contribution in [2.24, 2.45) is 0 Å². The number of para-hydroxylation sites is 1. The molecule has 152 valence electrons. The topological polar surface area (TPSA) is 52.2 Å². The fraction of sp³-hybridized carbons (Fsp3) is 0.217. The van der Waals surface area contributed by atoms with Gasteiger partial charge in [0.1, 0.15) is 4.70 Å². The molecule has 3 heterocycles. The molecule has 0 spiro atoms. The summed E-state index contributed by atoms with van der Waals surface area (Å²) in [4.78, 5) is 25.1. The summed E-state index contributed by atoms with van der Waals surface area (Å²) in [5, 5.41) is 2.80. The molecule has 4 aromatic rings. The largest absolute Gasteiger partial charge is 0.367 e. The lowest BCUT2D eigenvalue weighted by Gasteiger charge is -2.36. The van der Waals surface area contributed by atoms with E-state index in [9.17, 15) is 4.79 Å². The third-order valence-corrected chi connectivity index (χ3v) is 6.91. The van der Waals surface area contributed by atoms with Crippen LogP contribution < -0.4 is 15.4 Å². The van der Waals surface area contributed by atoms with Crippen molar-refractivity contribution in [1.29, 1.82) is 0 Å². The highest BCUT2D eigenvalue weighted by atomic mass is 35.5. The van der Waals surface area contributed by atoms with Crippen molar-refractivity contribution >= 4 is 44.8 Å². The van der Waals surface area contributed by atoms with Crippen molar-refractivity contribution in [2.75, 3.05) is 36.0 Å². The SMILES string of the molecule is Cc1ccccc1-c1csc2c(=O)[nH]c(N3CCN(c4ccccc4Cl)CC3)nc12. The molecule has 7 heteroatoms. The van der Waals surface area contributed by atoms with Crippen LogP contribution in [0.25, 0.3) is 21.3 Å². The van der Waals surface area contributed by atoms with E-state index in [1.54, 1.807) is 0 Å². The maximum absolute atomic E-state index is 12.8. The van der Waals surface area contributed by atoms with Gasteiger partial charge in [-0.3, -0.25) is 9.78 Å². The number of fused-ring (bicyclic) bond motifs is 1. The van der Waals surface area contributed by atoms with Crippen LogP contribution in [0.5, 0.6) is 0 Å². The molecule has 1 N–H and O–H groups in total. The average Bonchev–Trinajstić information content (AvgIpc) is 3.19. The summed E-state index contributed by atoms with van der Waals surface area (Å²) in [7, 11) is 0. The second kappa shape index (κ2) is 7.78. The van der Waals surface area contributed by atoms with Crippen LogP contribution in [0.2, 0.25) is 5.02 Å². The van der Waals surface area contributed by atoms with Crippen molar-refractivity contribution in [1.82, 2.24) is 9.97 Å². The molecular weight excluding hydrogens is 416 g/mol. The lowest BCUT2D eigenvalue weighted by molar-refractivity contribution is 0.640. The van der Waals surface area contributed by atoms with Gasteiger partial charge in [0.15, 0.2) is 0 Å². The molecule has 0 amide bonds. The van der Waals surface area contributed by atoms with Gasteiger partial charge in [0, 0.05) is 37.1 Å². The Hall–Kier alpha value is -2.83. The summed E-state index contributed by atoms with van der Waals surface area (Å²) < 4.78 is 0.673. The van der Waals surface area contributed by atoms with Crippen LogP contribution in [0.1, 0.15) is 5.56 Å². The number of aromatic amines is 1. The molecule has 0 saturated carbocycles. The summed E-state index contributed by atoms with van der Waals surface area (Å²) in [5.74, 6) is 0.638. The molecule has 2 aromatic heterocycles. The van der Waals surface area contributed by atoms with E-state index in [-0.39, 0.29) is 5.56 Å². The van der Waals surface area contributed by atoms with Gasteiger partial charge in [-0.15, -0.1) is 11.3 Å². The van der Waals surface area contributed by atoms with E-state index in [1.165, 1.54) is 16.9 Å². The van der Waals surface area contributed by atoms with Crippen LogP contribution in [0.4, 0.5) is 11.6 Å². The minimum absolute atomic E-state index is 0.0756. The standard InChI is InChI=1S/C23H21ClN4OS/c1-15-6-2-3-7-16(15)17-14-30-21-20(17)25-23(26-22(21)29)28-12-10-27(11-13-28)19-9-5-4-8-18(19)24/h2-9,14H,10-13H2,1H3,(H,25,26,29). The van der Waals surface area contributed by atoms with Gasteiger partial charge in [-0.1, -0.05) is 48.0 Å². The first kappa shape index (κ1) is 19.2. The summed E-state index contributed by atoms with van der Waals surface area (Å²) in [5.41, 5.74) is 5.08. The second-order valence-electron chi connectivity index (χ2n) is 7.46. The number of hydrogen-bond acceptors (Lipinski definition) is 5. The van der Waals surface area contributed by atoms with Crippen molar-refractivity contribution in [3.05, 3.63) is 74.9 Å². The molecule has 0 unspecified atom stereocenters. The van der Waals surface area contributed by atoms with Gasteiger partial charge in [-0.2, -0.15) is 0 Å². The molecule has 5 rings (SSSR count). The van der Waals surface area contributed by atoms with Crippen LogP contribution in [0.3, 0.4) is 0 Å². The molecule has 1 fully saturated rings. The molecule has 0 aliphatic carbocycles. The smallest absolute Gasteiger partial charge is 0.270 e. The van der Waals surface area contributed by atoms with Gasteiger partial charge in [-0.05, 0) is 30.2 Å². The zero-order valence-electron chi connectivity index (χ0n) is 16.6. The van der Waals surface area contributed by atoms with E-state index in [2.05, 4.69) is 33.8 Å². The Bertz CT molecular complexity index is 1270. The summed E-state index contributed by atoms with van der Waals surface area (Å²) >= 11 is 7.81. The van der Waals surface area contributed by atoms with Gasteiger partial charge in [0.2, 0.25) is 5.95 Å². The van der Waals surface area contributed by atoms with Gasteiger partial charge >= 0.3 is 0 Å². The number of aryl methyl sites for hydroxylation is 1. The Balaban J connectivity index is 1.46. The average molecular weight is 437 g/mol. The number of H-pyrrole nitrogens is 1. The minimum Gasteiger partial charge on any atom is -0.367 e. The maximum atomic E-state index is 12.8. The van der Waals surface area contributed by atoms with Crippen LogP contribution in [-0.4, -0.2) is 36.1 Å². The van der Waals surface area contributed by atoms with Crippen molar-refractivity contribution in [3.8, 4) is 11.1 Å². The first-order valence-corrected chi connectivity index (χ1v) is 11.2. The molecule has 1 saturated heterocycles. The fourth-order valence-electron chi connectivity index (χ4n) is 4.00. The number of hydrogen-bond donors (Lipinski definition) is 1. The van der Waals surface area contributed by atoms with E-state index in [1.807, 2.05) is 41.8 Å². The number of nitrogens with zero attached hydrogens (tertiary/aromatic N) is 3. The fourth-order valence-corrected chi connectivity index (χ4v) is 5.15. The number of halogens is 1. The predicted octanol–water partition coefficient (Wildman–Crippen LogP) is 4.94. The second-order valence-corrected chi connectivity index (χ2v) is 8.74. The predicted molar refractivity (Wildman–Crippen MR) is 126 cm³/mol. The molecule has 0 radical (unpaired) electrons.